The van der Waals surface area contributed by atoms with Crippen molar-refractivity contribution in [2.75, 3.05) is 20.2 Å². The van der Waals surface area contributed by atoms with Crippen molar-refractivity contribution >= 4 is 5.91 Å². The number of carbonyl (C=O) groups excluding carboxylic acids is 1. The maximum absolute atomic E-state index is 11.7. The second-order valence-electron chi connectivity index (χ2n) is 6.28. The zero-order chi connectivity index (χ0) is 16.5. The molecule has 3 unspecified atom stereocenters. The van der Waals surface area contributed by atoms with Crippen molar-refractivity contribution in [1.29, 1.82) is 0 Å². The molecule has 1 amide bonds. The SMILES string of the molecule is COC1C=CCCCCCN(C(C)=O)CC(C)=CC(C)C1O. The van der Waals surface area contributed by atoms with Crippen molar-refractivity contribution in [2.45, 2.75) is 58.7 Å². The van der Waals surface area contributed by atoms with Crippen molar-refractivity contribution in [3.05, 3.63) is 23.8 Å². The zero-order valence-corrected chi connectivity index (χ0v) is 14.4. The fraction of sp³-hybridized carbons (Fsp3) is 0.722. The van der Waals surface area contributed by atoms with Crippen LogP contribution in [-0.2, 0) is 9.53 Å². The molecular weight excluding hydrogens is 278 g/mol. The average Bonchev–Trinajstić information content (AvgIpc) is 2.47. The number of hydrogen-bond donors (Lipinski definition) is 1. The molecule has 1 N–H and O–H groups in total. The molecule has 126 valence electrons. The molecule has 0 aromatic rings. The minimum Gasteiger partial charge on any atom is -0.389 e. The summed E-state index contributed by atoms with van der Waals surface area (Å²) in [5.41, 5.74) is 1.11. The normalized spacial score (nSPS) is 28.9. The van der Waals surface area contributed by atoms with E-state index >= 15 is 0 Å². The maximum atomic E-state index is 11.7. The average molecular weight is 309 g/mol. The van der Waals surface area contributed by atoms with E-state index in [2.05, 4.69) is 6.08 Å². The molecule has 1 rings (SSSR count). The van der Waals surface area contributed by atoms with Gasteiger partial charge in [0.05, 0.1) is 6.10 Å². The Labute approximate surface area is 134 Å². The zero-order valence-electron chi connectivity index (χ0n) is 14.4. The lowest BCUT2D eigenvalue weighted by Crippen LogP contribution is -2.33. The molecule has 3 atom stereocenters. The second-order valence-corrected chi connectivity index (χ2v) is 6.28. The highest BCUT2D eigenvalue weighted by molar-refractivity contribution is 5.73. The summed E-state index contributed by atoms with van der Waals surface area (Å²) in [6.45, 7) is 7.07. The Balaban J connectivity index is 2.88. The number of aliphatic hydroxyl groups is 1. The number of rotatable bonds is 1. The molecule has 1 heterocycles. The van der Waals surface area contributed by atoms with Gasteiger partial charge in [-0.05, 0) is 26.2 Å². The first-order valence-corrected chi connectivity index (χ1v) is 8.26. The van der Waals surface area contributed by atoms with Gasteiger partial charge in [-0.25, -0.2) is 0 Å². The Hall–Kier alpha value is -1.13. The molecule has 1 aliphatic rings. The maximum Gasteiger partial charge on any atom is 0.219 e. The highest BCUT2D eigenvalue weighted by Crippen LogP contribution is 2.17. The van der Waals surface area contributed by atoms with Crippen LogP contribution in [0.5, 0.6) is 0 Å². The summed E-state index contributed by atoms with van der Waals surface area (Å²) in [5, 5.41) is 10.4. The van der Waals surface area contributed by atoms with Gasteiger partial charge in [0, 0.05) is 33.0 Å². The summed E-state index contributed by atoms with van der Waals surface area (Å²) in [5.74, 6) is 0.0917. The van der Waals surface area contributed by atoms with Crippen LogP contribution in [0.4, 0.5) is 0 Å². The molecule has 4 heteroatoms. The van der Waals surface area contributed by atoms with E-state index in [4.69, 9.17) is 4.74 Å². The summed E-state index contributed by atoms with van der Waals surface area (Å²) in [7, 11) is 1.63. The fourth-order valence-corrected chi connectivity index (χ4v) is 2.85. The van der Waals surface area contributed by atoms with Gasteiger partial charge in [0.2, 0.25) is 5.91 Å². The number of carbonyl (C=O) groups is 1. The lowest BCUT2D eigenvalue weighted by molar-refractivity contribution is -0.128. The number of hydrogen-bond acceptors (Lipinski definition) is 3. The largest absolute Gasteiger partial charge is 0.389 e. The van der Waals surface area contributed by atoms with Gasteiger partial charge in [-0.15, -0.1) is 0 Å². The van der Waals surface area contributed by atoms with Crippen LogP contribution in [0.3, 0.4) is 0 Å². The Bertz CT molecular complexity index is 403. The summed E-state index contributed by atoms with van der Waals surface area (Å²) < 4.78 is 5.40. The van der Waals surface area contributed by atoms with Crippen molar-refractivity contribution in [2.24, 2.45) is 5.92 Å². The number of methoxy groups -OCH3 is 1. The van der Waals surface area contributed by atoms with Crippen LogP contribution in [0.25, 0.3) is 0 Å². The Morgan fingerprint density at radius 2 is 2.09 bits per heavy atom. The molecule has 0 bridgehead atoms. The van der Waals surface area contributed by atoms with Crippen LogP contribution in [0, 0.1) is 5.92 Å². The van der Waals surface area contributed by atoms with Crippen LogP contribution in [0.1, 0.15) is 46.5 Å². The Morgan fingerprint density at radius 3 is 2.73 bits per heavy atom. The molecule has 0 saturated carbocycles. The lowest BCUT2D eigenvalue weighted by atomic mass is 9.96. The molecule has 22 heavy (non-hydrogen) atoms. The van der Waals surface area contributed by atoms with E-state index in [0.717, 1.165) is 37.8 Å². The fourth-order valence-electron chi connectivity index (χ4n) is 2.85. The van der Waals surface area contributed by atoms with Gasteiger partial charge in [-0.2, -0.15) is 0 Å². The summed E-state index contributed by atoms with van der Waals surface area (Å²) in [6.07, 6.45) is 9.46. The quantitative estimate of drug-likeness (QED) is 0.758. The Morgan fingerprint density at radius 1 is 1.36 bits per heavy atom. The summed E-state index contributed by atoms with van der Waals surface area (Å²) >= 11 is 0. The number of allylic oxidation sites excluding steroid dienone is 1. The van der Waals surface area contributed by atoms with E-state index in [0.29, 0.717) is 6.54 Å². The molecule has 0 saturated heterocycles. The summed E-state index contributed by atoms with van der Waals surface area (Å²) in [4.78, 5) is 13.6. The molecule has 0 spiro atoms. The van der Waals surface area contributed by atoms with E-state index in [1.54, 1.807) is 14.0 Å². The number of aliphatic hydroxyl groups excluding tert-OH is 1. The summed E-state index contributed by atoms with van der Waals surface area (Å²) in [6, 6.07) is 0. The van der Waals surface area contributed by atoms with Gasteiger partial charge >= 0.3 is 0 Å². The standard InChI is InChI=1S/C18H31NO3/c1-14-12-15(2)18(21)17(22-4)10-8-6-5-7-9-11-19(13-14)16(3)20/h8,10,12,15,17-18,21H,5-7,9,11,13H2,1-4H3. The van der Waals surface area contributed by atoms with Crippen molar-refractivity contribution in [3.8, 4) is 0 Å². The van der Waals surface area contributed by atoms with Gasteiger partial charge in [-0.3, -0.25) is 4.79 Å². The van der Waals surface area contributed by atoms with Crippen LogP contribution in [0.2, 0.25) is 0 Å². The molecule has 0 aromatic carbocycles. The third kappa shape index (κ3) is 6.32. The smallest absolute Gasteiger partial charge is 0.219 e. The van der Waals surface area contributed by atoms with Crippen LogP contribution in [-0.4, -0.2) is 48.3 Å². The molecule has 0 aromatic heterocycles. The monoisotopic (exact) mass is 309 g/mol. The predicted octanol–water partition coefficient (Wildman–Crippen LogP) is 2.92. The van der Waals surface area contributed by atoms with Crippen LogP contribution >= 0.6 is 0 Å². The van der Waals surface area contributed by atoms with E-state index in [1.807, 2.05) is 30.9 Å². The van der Waals surface area contributed by atoms with Crippen molar-refractivity contribution in [1.82, 2.24) is 4.90 Å². The molecular formula is C18H31NO3. The van der Waals surface area contributed by atoms with Gasteiger partial charge in [-0.1, -0.05) is 37.1 Å². The second kappa shape index (κ2) is 9.80. The van der Waals surface area contributed by atoms with Gasteiger partial charge in [0.15, 0.2) is 0 Å². The third-order valence-corrected chi connectivity index (χ3v) is 4.21. The van der Waals surface area contributed by atoms with Crippen LogP contribution in [0.15, 0.2) is 23.8 Å². The third-order valence-electron chi connectivity index (χ3n) is 4.21. The van der Waals surface area contributed by atoms with Gasteiger partial charge in [0.25, 0.3) is 0 Å². The first kappa shape index (κ1) is 18.9. The molecule has 0 fully saturated rings. The predicted molar refractivity (Wildman–Crippen MR) is 89.6 cm³/mol. The molecule has 4 nitrogen and oxygen atoms in total. The minimum absolute atomic E-state index is 0.0219. The topological polar surface area (TPSA) is 49.8 Å². The van der Waals surface area contributed by atoms with E-state index in [-0.39, 0.29) is 17.9 Å². The lowest BCUT2D eigenvalue weighted by Gasteiger charge is -2.25. The Kier molecular flexibility index (Phi) is 8.43. The van der Waals surface area contributed by atoms with E-state index in [1.165, 1.54) is 0 Å². The van der Waals surface area contributed by atoms with Gasteiger partial charge < -0.3 is 14.7 Å². The highest BCUT2D eigenvalue weighted by Gasteiger charge is 2.21. The minimum atomic E-state index is -0.579. The number of amides is 1. The first-order chi connectivity index (χ1) is 10.5. The van der Waals surface area contributed by atoms with Gasteiger partial charge in [0.1, 0.15) is 6.10 Å². The van der Waals surface area contributed by atoms with E-state index in [9.17, 15) is 9.90 Å². The highest BCUT2D eigenvalue weighted by atomic mass is 16.5. The number of nitrogens with zero attached hydrogens (tertiary/aromatic N) is 1. The van der Waals surface area contributed by atoms with Crippen LogP contribution < -0.4 is 0 Å². The van der Waals surface area contributed by atoms with Crippen molar-refractivity contribution < 1.29 is 14.6 Å². The molecule has 1 aliphatic heterocycles. The molecule has 0 radical (unpaired) electrons. The van der Waals surface area contributed by atoms with Crippen molar-refractivity contribution in [3.63, 3.8) is 0 Å². The number of ether oxygens (including phenoxy) is 1. The van der Waals surface area contributed by atoms with E-state index < -0.39 is 6.10 Å². The first-order valence-electron chi connectivity index (χ1n) is 8.26. The molecule has 0 aliphatic carbocycles.